The van der Waals surface area contributed by atoms with Crippen molar-refractivity contribution in [1.29, 1.82) is 0 Å². The minimum Gasteiger partial charge on any atom is -0.356 e. The zero-order chi connectivity index (χ0) is 11.1. The number of benzene rings is 1. The van der Waals surface area contributed by atoms with Gasteiger partial charge in [-0.15, -0.1) is 0 Å². The molecule has 0 unspecified atom stereocenters. The Morgan fingerprint density at radius 3 is 2.60 bits per heavy atom. The van der Waals surface area contributed by atoms with Crippen LogP contribution in [-0.2, 0) is 4.79 Å². The maximum Gasteiger partial charge on any atom is 0.216 e. The highest BCUT2D eigenvalue weighted by atomic mass is 16.1. The second kappa shape index (κ2) is 6.02. The van der Waals surface area contributed by atoms with Crippen LogP contribution in [-0.4, -0.2) is 12.5 Å². The zero-order valence-electron chi connectivity index (χ0n) is 9.12. The van der Waals surface area contributed by atoms with Crippen molar-refractivity contribution in [3.8, 4) is 0 Å². The van der Waals surface area contributed by atoms with Crippen molar-refractivity contribution in [2.75, 3.05) is 6.54 Å². The molecular weight excluding hydrogens is 186 g/mol. The van der Waals surface area contributed by atoms with Gasteiger partial charge < -0.3 is 5.32 Å². The monoisotopic (exact) mass is 203 g/mol. The van der Waals surface area contributed by atoms with Gasteiger partial charge in [0, 0.05) is 13.5 Å². The summed E-state index contributed by atoms with van der Waals surface area (Å²) in [5, 5.41) is 2.77. The molecule has 0 atom stereocenters. The number of allylic oxidation sites excluding steroid dienone is 1. The first kappa shape index (κ1) is 11.5. The third kappa shape index (κ3) is 4.45. The smallest absolute Gasteiger partial charge is 0.216 e. The van der Waals surface area contributed by atoms with E-state index in [1.54, 1.807) is 0 Å². The molecule has 0 heterocycles. The molecule has 1 N–H and O–H groups in total. The molecule has 0 aliphatic heterocycles. The maximum absolute atomic E-state index is 10.6. The molecule has 1 aromatic rings. The highest BCUT2D eigenvalue weighted by Crippen LogP contribution is 2.16. The Kier molecular flexibility index (Phi) is 4.61. The van der Waals surface area contributed by atoms with Gasteiger partial charge in [-0.3, -0.25) is 4.79 Å². The van der Waals surface area contributed by atoms with Crippen LogP contribution >= 0.6 is 0 Å². The van der Waals surface area contributed by atoms with Crippen LogP contribution in [0.4, 0.5) is 0 Å². The van der Waals surface area contributed by atoms with Gasteiger partial charge in [-0.2, -0.15) is 0 Å². The topological polar surface area (TPSA) is 29.1 Å². The maximum atomic E-state index is 10.6. The summed E-state index contributed by atoms with van der Waals surface area (Å²) in [6.45, 7) is 6.29. The SMILES string of the molecule is C=C(CCCNC(C)=O)c1ccccc1. The second-order valence-electron chi connectivity index (χ2n) is 3.56. The summed E-state index contributed by atoms with van der Waals surface area (Å²) in [6.07, 6.45) is 1.86. The van der Waals surface area contributed by atoms with E-state index in [9.17, 15) is 4.79 Å². The van der Waals surface area contributed by atoms with E-state index in [2.05, 4.69) is 24.0 Å². The Morgan fingerprint density at radius 2 is 2.00 bits per heavy atom. The van der Waals surface area contributed by atoms with Gasteiger partial charge in [0.15, 0.2) is 0 Å². The highest BCUT2D eigenvalue weighted by molar-refractivity contribution is 5.72. The molecule has 0 bridgehead atoms. The number of hydrogen-bond donors (Lipinski definition) is 1. The molecule has 0 saturated carbocycles. The van der Waals surface area contributed by atoms with Crippen LogP contribution in [0, 0.1) is 0 Å². The Hall–Kier alpha value is -1.57. The molecule has 1 rings (SSSR count). The lowest BCUT2D eigenvalue weighted by molar-refractivity contribution is -0.118. The number of nitrogens with one attached hydrogen (secondary N) is 1. The normalized spacial score (nSPS) is 9.67. The standard InChI is InChI=1S/C13H17NO/c1-11(7-6-10-14-12(2)15)13-8-4-3-5-9-13/h3-5,8-9H,1,6-7,10H2,2H3,(H,14,15). The van der Waals surface area contributed by atoms with Gasteiger partial charge in [-0.1, -0.05) is 36.9 Å². The number of carbonyl (C=O) groups is 1. The van der Waals surface area contributed by atoms with Crippen LogP contribution in [0.15, 0.2) is 36.9 Å². The highest BCUT2D eigenvalue weighted by Gasteiger charge is 1.98. The first-order valence-corrected chi connectivity index (χ1v) is 5.18. The summed E-state index contributed by atoms with van der Waals surface area (Å²) < 4.78 is 0. The fourth-order valence-corrected chi connectivity index (χ4v) is 1.38. The molecule has 0 aromatic heterocycles. The molecule has 15 heavy (non-hydrogen) atoms. The van der Waals surface area contributed by atoms with Gasteiger partial charge in [0.25, 0.3) is 0 Å². The van der Waals surface area contributed by atoms with E-state index in [4.69, 9.17) is 0 Å². The van der Waals surface area contributed by atoms with Gasteiger partial charge in [0.05, 0.1) is 0 Å². The fraction of sp³-hybridized carbons (Fsp3) is 0.308. The average molecular weight is 203 g/mol. The van der Waals surface area contributed by atoms with E-state index < -0.39 is 0 Å². The molecule has 0 aliphatic carbocycles. The molecule has 0 saturated heterocycles. The van der Waals surface area contributed by atoms with E-state index in [0.29, 0.717) is 0 Å². The summed E-state index contributed by atoms with van der Waals surface area (Å²) >= 11 is 0. The van der Waals surface area contributed by atoms with Gasteiger partial charge in [0.1, 0.15) is 0 Å². The Bertz CT molecular complexity index is 330. The first-order valence-electron chi connectivity index (χ1n) is 5.18. The van der Waals surface area contributed by atoms with Crippen LogP contribution in [0.5, 0.6) is 0 Å². The van der Waals surface area contributed by atoms with Crippen LogP contribution < -0.4 is 5.32 Å². The molecule has 0 fully saturated rings. The van der Waals surface area contributed by atoms with E-state index in [0.717, 1.165) is 25.0 Å². The minimum atomic E-state index is 0.0281. The van der Waals surface area contributed by atoms with Gasteiger partial charge in [-0.05, 0) is 24.0 Å². The van der Waals surface area contributed by atoms with E-state index in [1.807, 2.05) is 18.2 Å². The number of carbonyl (C=O) groups excluding carboxylic acids is 1. The van der Waals surface area contributed by atoms with Crippen LogP contribution in [0.2, 0.25) is 0 Å². The minimum absolute atomic E-state index is 0.0281. The van der Waals surface area contributed by atoms with Crippen molar-refractivity contribution in [2.45, 2.75) is 19.8 Å². The lowest BCUT2D eigenvalue weighted by Crippen LogP contribution is -2.20. The summed E-state index contributed by atoms with van der Waals surface area (Å²) in [6, 6.07) is 10.1. The zero-order valence-corrected chi connectivity index (χ0v) is 9.12. The Balaban J connectivity index is 2.28. The lowest BCUT2D eigenvalue weighted by Gasteiger charge is -2.05. The van der Waals surface area contributed by atoms with Crippen molar-refractivity contribution in [3.63, 3.8) is 0 Å². The molecule has 2 nitrogen and oxygen atoms in total. The summed E-state index contributed by atoms with van der Waals surface area (Å²) in [7, 11) is 0. The second-order valence-corrected chi connectivity index (χ2v) is 3.56. The third-order valence-corrected chi connectivity index (χ3v) is 2.21. The summed E-state index contributed by atoms with van der Waals surface area (Å²) in [4.78, 5) is 10.6. The molecule has 0 spiro atoms. The van der Waals surface area contributed by atoms with Crippen molar-refractivity contribution in [3.05, 3.63) is 42.5 Å². The van der Waals surface area contributed by atoms with Crippen LogP contribution in [0.3, 0.4) is 0 Å². The number of rotatable bonds is 5. The average Bonchev–Trinajstić information content (AvgIpc) is 2.25. The van der Waals surface area contributed by atoms with Crippen molar-refractivity contribution >= 4 is 11.5 Å². The largest absolute Gasteiger partial charge is 0.356 e. The fourth-order valence-electron chi connectivity index (χ4n) is 1.38. The van der Waals surface area contributed by atoms with Gasteiger partial charge in [0.2, 0.25) is 5.91 Å². The van der Waals surface area contributed by atoms with Crippen molar-refractivity contribution < 1.29 is 4.79 Å². The van der Waals surface area contributed by atoms with E-state index in [-0.39, 0.29) is 5.91 Å². The molecule has 0 aliphatic rings. The molecule has 80 valence electrons. The van der Waals surface area contributed by atoms with Crippen molar-refractivity contribution in [2.24, 2.45) is 0 Å². The quantitative estimate of drug-likeness (QED) is 0.732. The third-order valence-electron chi connectivity index (χ3n) is 2.21. The Morgan fingerprint density at radius 1 is 1.33 bits per heavy atom. The molecule has 0 radical (unpaired) electrons. The predicted molar refractivity (Wildman–Crippen MR) is 63.4 cm³/mol. The Labute approximate surface area is 91.0 Å². The van der Waals surface area contributed by atoms with Gasteiger partial charge >= 0.3 is 0 Å². The predicted octanol–water partition coefficient (Wildman–Crippen LogP) is 2.62. The van der Waals surface area contributed by atoms with Gasteiger partial charge in [-0.25, -0.2) is 0 Å². The first-order chi connectivity index (χ1) is 7.20. The van der Waals surface area contributed by atoms with Crippen LogP contribution in [0.1, 0.15) is 25.3 Å². The van der Waals surface area contributed by atoms with E-state index in [1.165, 1.54) is 12.5 Å². The molecular formula is C13H17NO. The molecule has 2 heteroatoms. The molecule has 1 amide bonds. The van der Waals surface area contributed by atoms with Crippen molar-refractivity contribution in [1.82, 2.24) is 5.32 Å². The summed E-state index contributed by atoms with van der Waals surface area (Å²) in [5.74, 6) is 0.0281. The number of amides is 1. The van der Waals surface area contributed by atoms with E-state index >= 15 is 0 Å². The number of hydrogen-bond acceptors (Lipinski definition) is 1. The summed E-state index contributed by atoms with van der Waals surface area (Å²) in [5.41, 5.74) is 2.31. The molecule has 1 aromatic carbocycles. The van der Waals surface area contributed by atoms with Crippen LogP contribution in [0.25, 0.3) is 5.57 Å². The lowest BCUT2D eigenvalue weighted by atomic mass is 10.0.